The molecule has 0 atom stereocenters. The fourth-order valence-electron chi connectivity index (χ4n) is 2.33. The highest BCUT2D eigenvalue weighted by Gasteiger charge is 2.16. The van der Waals surface area contributed by atoms with Gasteiger partial charge in [-0.2, -0.15) is 10.5 Å². The third kappa shape index (κ3) is 4.02. The molecule has 0 N–H and O–H groups in total. The van der Waals surface area contributed by atoms with E-state index < -0.39 is 0 Å². The second-order valence-corrected chi connectivity index (χ2v) is 5.00. The van der Waals surface area contributed by atoms with Gasteiger partial charge in [0.05, 0.1) is 44.8 Å². The van der Waals surface area contributed by atoms with E-state index in [4.69, 9.17) is 19.7 Å². The van der Waals surface area contributed by atoms with Gasteiger partial charge in [0, 0.05) is 30.1 Å². The molecule has 1 aromatic heterocycles. The summed E-state index contributed by atoms with van der Waals surface area (Å²) < 4.78 is 10.6. The van der Waals surface area contributed by atoms with Crippen LogP contribution < -0.4 is 4.74 Å². The molecule has 0 bridgehead atoms. The molecule has 0 saturated heterocycles. The molecular weight excluding hydrogens is 294 g/mol. The van der Waals surface area contributed by atoms with E-state index in [9.17, 15) is 4.79 Å². The SMILES string of the molecule is COc1ccc2c(CC(=O)N(CCC#N)CCC#N)coc2c1. The molecular formula is C17H17N3O3. The minimum atomic E-state index is -0.117. The summed E-state index contributed by atoms with van der Waals surface area (Å²) in [7, 11) is 1.58. The Morgan fingerprint density at radius 3 is 2.57 bits per heavy atom. The van der Waals surface area contributed by atoms with Gasteiger partial charge in [0.2, 0.25) is 5.91 Å². The molecule has 0 fully saturated rings. The summed E-state index contributed by atoms with van der Waals surface area (Å²) in [4.78, 5) is 14.0. The number of hydrogen-bond donors (Lipinski definition) is 0. The van der Waals surface area contributed by atoms with Crippen molar-refractivity contribution < 1.29 is 13.9 Å². The lowest BCUT2D eigenvalue weighted by atomic mass is 10.1. The zero-order chi connectivity index (χ0) is 16.7. The maximum atomic E-state index is 12.4. The van der Waals surface area contributed by atoms with E-state index in [0.29, 0.717) is 24.4 Å². The normalized spacial score (nSPS) is 10.0. The number of hydrogen-bond acceptors (Lipinski definition) is 5. The fraction of sp³-hybridized carbons (Fsp3) is 0.353. The van der Waals surface area contributed by atoms with Crippen LogP contribution in [0.4, 0.5) is 0 Å². The Labute approximate surface area is 134 Å². The Bertz CT molecular complexity index is 749. The minimum absolute atomic E-state index is 0.117. The van der Waals surface area contributed by atoms with E-state index in [2.05, 4.69) is 0 Å². The molecule has 118 valence electrons. The van der Waals surface area contributed by atoms with Crippen molar-refractivity contribution in [2.24, 2.45) is 0 Å². The van der Waals surface area contributed by atoms with Crippen molar-refractivity contribution in [2.45, 2.75) is 19.3 Å². The first kappa shape index (κ1) is 16.4. The number of carbonyl (C=O) groups excluding carboxylic acids is 1. The van der Waals surface area contributed by atoms with Crippen LogP contribution in [0.25, 0.3) is 11.0 Å². The Morgan fingerprint density at radius 2 is 1.96 bits per heavy atom. The maximum absolute atomic E-state index is 12.4. The summed E-state index contributed by atoms with van der Waals surface area (Å²) in [5.41, 5.74) is 1.44. The smallest absolute Gasteiger partial charge is 0.227 e. The summed E-state index contributed by atoms with van der Waals surface area (Å²) in [6.07, 6.45) is 2.24. The van der Waals surface area contributed by atoms with Crippen LogP contribution in [0.2, 0.25) is 0 Å². The first-order chi connectivity index (χ1) is 11.2. The molecule has 0 saturated carbocycles. The van der Waals surface area contributed by atoms with Gasteiger partial charge < -0.3 is 14.1 Å². The summed E-state index contributed by atoms with van der Waals surface area (Å²) in [6, 6.07) is 9.48. The number of ether oxygens (including phenoxy) is 1. The van der Waals surface area contributed by atoms with Crippen molar-refractivity contribution in [3.8, 4) is 17.9 Å². The molecule has 6 nitrogen and oxygen atoms in total. The van der Waals surface area contributed by atoms with Gasteiger partial charge in [-0.1, -0.05) is 0 Å². The van der Waals surface area contributed by atoms with Gasteiger partial charge >= 0.3 is 0 Å². The van der Waals surface area contributed by atoms with Crippen molar-refractivity contribution in [3.63, 3.8) is 0 Å². The number of fused-ring (bicyclic) bond motifs is 1. The van der Waals surface area contributed by atoms with E-state index in [0.717, 1.165) is 10.9 Å². The zero-order valence-electron chi connectivity index (χ0n) is 12.9. The molecule has 6 heteroatoms. The molecule has 1 amide bonds. The third-order valence-corrected chi connectivity index (χ3v) is 3.54. The molecule has 1 heterocycles. The average molecular weight is 311 g/mol. The van der Waals surface area contributed by atoms with Gasteiger partial charge in [0.1, 0.15) is 11.3 Å². The lowest BCUT2D eigenvalue weighted by molar-refractivity contribution is -0.130. The Hall–Kier alpha value is -2.99. The standard InChI is InChI=1S/C17H17N3O3/c1-22-14-4-5-15-13(12-23-16(15)11-14)10-17(21)20(8-2-6-18)9-3-7-19/h4-5,11-12H,2-3,8-10H2,1H3. The molecule has 0 aliphatic heterocycles. The number of furan rings is 1. The maximum Gasteiger partial charge on any atom is 0.227 e. The fourth-order valence-corrected chi connectivity index (χ4v) is 2.33. The number of rotatable bonds is 7. The van der Waals surface area contributed by atoms with Gasteiger partial charge in [-0.25, -0.2) is 0 Å². The number of amides is 1. The topological polar surface area (TPSA) is 90.3 Å². The lowest BCUT2D eigenvalue weighted by Crippen LogP contribution is -2.33. The van der Waals surface area contributed by atoms with Crippen molar-refractivity contribution >= 4 is 16.9 Å². The van der Waals surface area contributed by atoms with Crippen molar-refractivity contribution in [1.29, 1.82) is 10.5 Å². The number of benzene rings is 1. The summed E-state index contributed by atoms with van der Waals surface area (Å²) in [6.45, 7) is 0.668. The molecule has 2 rings (SSSR count). The average Bonchev–Trinajstić information content (AvgIpc) is 2.97. The molecule has 0 aliphatic carbocycles. The summed E-state index contributed by atoms with van der Waals surface area (Å²) in [5, 5.41) is 18.2. The highest BCUT2D eigenvalue weighted by atomic mass is 16.5. The summed E-state index contributed by atoms with van der Waals surface area (Å²) in [5.74, 6) is 0.573. The molecule has 0 aliphatic rings. The molecule has 2 aromatic rings. The third-order valence-electron chi connectivity index (χ3n) is 3.54. The van der Waals surface area contributed by atoms with Gasteiger partial charge in [-0.15, -0.1) is 0 Å². The van der Waals surface area contributed by atoms with Crippen LogP contribution in [0.1, 0.15) is 18.4 Å². The van der Waals surface area contributed by atoms with Gasteiger partial charge in [0.15, 0.2) is 0 Å². The molecule has 0 spiro atoms. The number of nitrogens with zero attached hydrogens (tertiary/aromatic N) is 3. The number of methoxy groups -OCH3 is 1. The zero-order valence-corrected chi connectivity index (χ0v) is 12.9. The van der Waals surface area contributed by atoms with E-state index in [1.54, 1.807) is 24.3 Å². The van der Waals surface area contributed by atoms with Crippen LogP contribution in [0.3, 0.4) is 0 Å². The predicted molar refractivity (Wildman–Crippen MR) is 83.5 cm³/mol. The van der Waals surface area contributed by atoms with E-state index in [1.165, 1.54) is 0 Å². The predicted octanol–water partition coefficient (Wildman–Crippen LogP) is 2.64. The second kappa shape index (κ2) is 7.86. The van der Waals surface area contributed by atoms with Crippen LogP contribution in [-0.4, -0.2) is 31.0 Å². The van der Waals surface area contributed by atoms with E-state index in [-0.39, 0.29) is 25.2 Å². The Morgan fingerprint density at radius 1 is 1.26 bits per heavy atom. The van der Waals surface area contributed by atoms with E-state index in [1.807, 2.05) is 24.3 Å². The van der Waals surface area contributed by atoms with Crippen LogP contribution in [0.5, 0.6) is 5.75 Å². The second-order valence-electron chi connectivity index (χ2n) is 5.00. The highest BCUT2D eigenvalue weighted by molar-refractivity contribution is 5.88. The van der Waals surface area contributed by atoms with Crippen molar-refractivity contribution in [3.05, 3.63) is 30.0 Å². The van der Waals surface area contributed by atoms with E-state index >= 15 is 0 Å². The lowest BCUT2D eigenvalue weighted by Gasteiger charge is -2.20. The molecule has 0 unspecified atom stereocenters. The molecule has 23 heavy (non-hydrogen) atoms. The van der Waals surface area contributed by atoms with Crippen molar-refractivity contribution in [1.82, 2.24) is 4.90 Å². The first-order valence-corrected chi connectivity index (χ1v) is 7.25. The van der Waals surface area contributed by atoms with Gasteiger partial charge in [-0.3, -0.25) is 4.79 Å². The van der Waals surface area contributed by atoms with Crippen LogP contribution in [0, 0.1) is 22.7 Å². The monoisotopic (exact) mass is 311 g/mol. The first-order valence-electron chi connectivity index (χ1n) is 7.25. The van der Waals surface area contributed by atoms with Crippen LogP contribution >= 0.6 is 0 Å². The summed E-state index contributed by atoms with van der Waals surface area (Å²) >= 11 is 0. The minimum Gasteiger partial charge on any atom is -0.497 e. The Balaban J connectivity index is 2.14. The van der Waals surface area contributed by atoms with Crippen molar-refractivity contribution in [2.75, 3.05) is 20.2 Å². The molecule has 1 aromatic carbocycles. The number of carbonyl (C=O) groups is 1. The largest absolute Gasteiger partial charge is 0.497 e. The van der Waals surface area contributed by atoms with Gasteiger partial charge in [-0.05, 0) is 12.1 Å². The number of nitriles is 2. The molecule has 0 radical (unpaired) electrons. The van der Waals surface area contributed by atoms with Crippen LogP contribution in [0.15, 0.2) is 28.9 Å². The van der Waals surface area contributed by atoms with Crippen LogP contribution in [-0.2, 0) is 11.2 Å². The highest BCUT2D eigenvalue weighted by Crippen LogP contribution is 2.26. The van der Waals surface area contributed by atoms with Gasteiger partial charge in [0.25, 0.3) is 0 Å². The Kier molecular flexibility index (Phi) is 5.60. The quantitative estimate of drug-likeness (QED) is 0.784.